The Balaban J connectivity index is 1.38. The lowest BCUT2D eigenvalue weighted by Crippen LogP contribution is -2.41. The fourth-order valence-corrected chi connectivity index (χ4v) is 5.94. The standard InChI is InChI=1S/C29H30ClF3N6O5/c1-2-43-26(40)22-15-28(16-35-22)9-11-38(12-10-28)23-14-24(37-27(34)36-23)44-25(29(31,32)33)20-8-5-18(30)13-21(20)17-3-6-19(7-4-17)39(41)42/h3-8,13-14,22,25,35H,2,9-12,15-16H2,1H3,(H2,34,36,37)/t22?,25-/m1/s1. The highest BCUT2D eigenvalue weighted by molar-refractivity contribution is 6.30. The quantitative estimate of drug-likeness (QED) is 0.185. The van der Waals surface area contributed by atoms with Crippen LogP contribution in [0.15, 0.2) is 48.5 Å². The van der Waals surface area contributed by atoms with Gasteiger partial charge >= 0.3 is 12.1 Å². The van der Waals surface area contributed by atoms with Gasteiger partial charge < -0.3 is 25.4 Å². The first-order chi connectivity index (χ1) is 20.9. The fraction of sp³-hybridized carbons (Fsp3) is 0.414. The molecule has 234 valence electrons. The molecule has 0 saturated carbocycles. The minimum Gasteiger partial charge on any atom is -0.465 e. The van der Waals surface area contributed by atoms with Crippen molar-refractivity contribution >= 4 is 35.0 Å². The van der Waals surface area contributed by atoms with Crippen LogP contribution < -0.4 is 20.7 Å². The number of rotatable bonds is 8. The molecule has 44 heavy (non-hydrogen) atoms. The van der Waals surface area contributed by atoms with Crippen LogP contribution in [0.5, 0.6) is 5.88 Å². The van der Waals surface area contributed by atoms with E-state index in [4.69, 9.17) is 26.8 Å². The molecule has 3 N–H and O–H groups in total. The number of nitro groups is 1. The van der Waals surface area contributed by atoms with Crippen molar-refractivity contribution in [2.75, 3.05) is 36.9 Å². The molecule has 15 heteroatoms. The third-order valence-corrected chi connectivity index (χ3v) is 8.24. The van der Waals surface area contributed by atoms with Crippen molar-refractivity contribution in [1.29, 1.82) is 0 Å². The number of nitrogens with one attached hydrogen (secondary N) is 1. The summed E-state index contributed by atoms with van der Waals surface area (Å²) in [6.45, 7) is 3.81. The van der Waals surface area contributed by atoms with Crippen LogP contribution >= 0.6 is 11.6 Å². The Morgan fingerprint density at radius 2 is 1.91 bits per heavy atom. The monoisotopic (exact) mass is 634 g/mol. The Bertz CT molecular complexity index is 1530. The Morgan fingerprint density at radius 3 is 2.55 bits per heavy atom. The number of alkyl halides is 3. The molecule has 1 spiro atoms. The van der Waals surface area contributed by atoms with Gasteiger partial charge in [0.15, 0.2) is 0 Å². The van der Waals surface area contributed by atoms with E-state index in [1.165, 1.54) is 48.5 Å². The molecule has 2 atom stereocenters. The third kappa shape index (κ3) is 6.81. The molecule has 3 aromatic rings. The van der Waals surface area contributed by atoms with Crippen molar-refractivity contribution in [3.8, 4) is 17.0 Å². The SMILES string of the molecule is CCOC(=O)C1CC2(CCN(c3cc(O[C@H](c4ccc(Cl)cc4-c4ccc([N+](=O)[O-])cc4)C(F)(F)F)nc(N)n3)CC2)CN1. The van der Waals surface area contributed by atoms with E-state index in [-0.39, 0.29) is 56.7 Å². The van der Waals surface area contributed by atoms with Gasteiger partial charge in [0.1, 0.15) is 11.9 Å². The molecule has 11 nitrogen and oxygen atoms in total. The van der Waals surface area contributed by atoms with Crippen molar-refractivity contribution in [2.24, 2.45) is 5.41 Å². The van der Waals surface area contributed by atoms with Crippen LogP contribution in [-0.4, -0.2) is 59.3 Å². The zero-order valence-electron chi connectivity index (χ0n) is 23.6. The smallest absolute Gasteiger partial charge is 0.429 e. The lowest BCUT2D eigenvalue weighted by molar-refractivity contribution is -0.384. The number of piperidine rings is 1. The molecule has 3 heterocycles. The summed E-state index contributed by atoms with van der Waals surface area (Å²) in [5, 5.41) is 14.5. The molecule has 2 saturated heterocycles. The van der Waals surface area contributed by atoms with Gasteiger partial charge in [-0.2, -0.15) is 23.1 Å². The predicted octanol–water partition coefficient (Wildman–Crippen LogP) is 5.48. The van der Waals surface area contributed by atoms with E-state index in [0.29, 0.717) is 38.5 Å². The molecule has 0 radical (unpaired) electrons. The van der Waals surface area contributed by atoms with Crippen molar-refractivity contribution in [3.63, 3.8) is 0 Å². The van der Waals surface area contributed by atoms with Crippen molar-refractivity contribution < 1.29 is 32.4 Å². The molecule has 0 amide bonds. The molecule has 0 aliphatic carbocycles. The number of hydrogen-bond donors (Lipinski definition) is 2. The van der Waals surface area contributed by atoms with Crippen molar-refractivity contribution in [2.45, 2.75) is 44.5 Å². The molecule has 2 aromatic carbocycles. The summed E-state index contributed by atoms with van der Waals surface area (Å²) in [7, 11) is 0. The van der Waals surface area contributed by atoms with Crippen LogP contribution in [0.2, 0.25) is 5.02 Å². The average Bonchev–Trinajstić information content (AvgIpc) is 3.39. The third-order valence-electron chi connectivity index (χ3n) is 8.01. The van der Waals surface area contributed by atoms with Gasteiger partial charge in [0, 0.05) is 48.4 Å². The fourth-order valence-electron chi connectivity index (χ4n) is 5.77. The average molecular weight is 635 g/mol. The topological polar surface area (TPSA) is 146 Å². The van der Waals surface area contributed by atoms with Gasteiger partial charge in [-0.25, -0.2) is 0 Å². The van der Waals surface area contributed by atoms with Crippen LogP contribution in [0.1, 0.15) is 37.9 Å². The number of nitrogen functional groups attached to an aromatic ring is 1. The second kappa shape index (κ2) is 12.4. The molecular formula is C29H30ClF3N6O5. The highest BCUT2D eigenvalue weighted by atomic mass is 35.5. The number of esters is 1. The van der Waals surface area contributed by atoms with Crippen LogP contribution in [0.4, 0.5) is 30.6 Å². The van der Waals surface area contributed by atoms with Crippen LogP contribution in [0.25, 0.3) is 11.1 Å². The number of carbonyl (C=O) groups excluding carboxylic acids is 1. The normalized spacial score (nSPS) is 18.7. The predicted molar refractivity (Wildman–Crippen MR) is 156 cm³/mol. The van der Waals surface area contributed by atoms with Crippen LogP contribution in [0.3, 0.4) is 0 Å². The molecule has 2 fully saturated rings. The number of anilines is 2. The molecule has 1 aromatic heterocycles. The van der Waals surface area contributed by atoms with E-state index in [1.807, 2.05) is 4.90 Å². The molecular weight excluding hydrogens is 605 g/mol. The number of hydrogen-bond acceptors (Lipinski definition) is 10. The second-order valence-electron chi connectivity index (χ2n) is 10.9. The number of nitrogens with two attached hydrogens (primary N) is 1. The summed E-state index contributed by atoms with van der Waals surface area (Å²) >= 11 is 6.14. The second-order valence-corrected chi connectivity index (χ2v) is 11.3. The number of ether oxygens (including phenoxy) is 2. The van der Waals surface area contributed by atoms with E-state index in [0.717, 1.165) is 12.8 Å². The van der Waals surface area contributed by atoms with Gasteiger partial charge in [-0.15, -0.1) is 0 Å². The van der Waals surface area contributed by atoms with E-state index >= 15 is 0 Å². The summed E-state index contributed by atoms with van der Waals surface area (Å²) in [5.74, 6) is -0.573. The first kappa shape index (κ1) is 31.3. The summed E-state index contributed by atoms with van der Waals surface area (Å²) in [6.07, 6.45) is -5.26. The maximum Gasteiger partial charge on any atom is 0.429 e. The zero-order valence-corrected chi connectivity index (χ0v) is 24.4. The number of benzene rings is 2. The highest BCUT2D eigenvalue weighted by Crippen LogP contribution is 2.43. The number of halogens is 4. The Hall–Kier alpha value is -4.17. The zero-order chi connectivity index (χ0) is 31.6. The lowest BCUT2D eigenvalue weighted by Gasteiger charge is -2.39. The number of non-ortho nitro benzene ring substituents is 1. The van der Waals surface area contributed by atoms with E-state index in [9.17, 15) is 28.1 Å². The largest absolute Gasteiger partial charge is 0.465 e. The minimum absolute atomic E-state index is 0.0876. The van der Waals surface area contributed by atoms with Crippen LogP contribution in [0, 0.1) is 15.5 Å². The number of aromatic nitrogens is 2. The molecule has 2 aliphatic heterocycles. The van der Waals surface area contributed by atoms with Gasteiger partial charge in [0.05, 0.1) is 11.5 Å². The molecule has 5 rings (SSSR count). The van der Waals surface area contributed by atoms with Gasteiger partial charge in [-0.3, -0.25) is 14.9 Å². The van der Waals surface area contributed by atoms with Crippen LogP contribution in [-0.2, 0) is 9.53 Å². The first-order valence-corrected chi connectivity index (χ1v) is 14.3. The van der Waals surface area contributed by atoms with E-state index in [1.54, 1.807) is 6.92 Å². The van der Waals surface area contributed by atoms with Crippen molar-refractivity contribution in [1.82, 2.24) is 15.3 Å². The molecule has 2 aliphatic rings. The maximum atomic E-state index is 14.5. The Morgan fingerprint density at radius 1 is 1.20 bits per heavy atom. The first-order valence-electron chi connectivity index (χ1n) is 13.9. The van der Waals surface area contributed by atoms with E-state index < -0.39 is 17.2 Å². The van der Waals surface area contributed by atoms with Gasteiger partial charge in [0.2, 0.25) is 17.9 Å². The summed E-state index contributed by atoms with van der Waals surface area (Å²) in [4.78, 5) is 32.8. The molecule has 1 unspecified atom stereocenters. The summed E-state index contributed by atoms with van der Waals surface area (Å²) < 4.78 is 54.3. The Labute approximate surface area is 255 Å². The maximum absolute atomic E-state index is 14.5. The summed E-state index contributed by atoms with van der Waals surface area (Å²) in [5.41, 5.74) is 5.71. The lowest BCUT2D eigenvalue weighted by atomic mass is 9.76. The Kier molecular flexibility index (Phi) is 8.84. The minimum atomic E-state index is -4.88. The van der Waals surface area contributed by atoms with Gasteiger partial charge in [-0.1, -0.05) is 17.7 Å². The van der Waals surface area contributed by atoms with Gasteiger partial charge in [0.25, 0.3) is 5.69 Å². The number of carbonyl (C=O) groups is 1. The number of nitro benzene ring substituents is 1. The van der Waals surface area contributed by atoms with E-state index in [2.05, 4.69) is 15.3 Å². The van der Waals surface area contributed by atoms with Gasteiger partial charge in [-0.05, 0) is 67.0 Å². The van der Waals surface area contributed by atoms with Crippen molar-refractivity contribution in [3.05, 3.63) is 69.2 Å². The molecule has 0 bridgehead atoms. The number of nitrogens with zero attached hydrogens (tertiary/aromatic N) is 4. The highest BCUT2D eigenvalue weighted by Gasteiger charge is 2.46. The summed E-state index contributed by atoms with van der Waals surface area (Å²) in [6, 6.07) is 9.90.